The van der Waals surface area contributed by atoms with Gasteiger partial charge in [-0.1, -0.05) is 6.92 Å². The van der Waals surface area contributed by atoms with Crippen LogP contribution in [-0.2, 0) is 0 Å². The Bertz CT molecular complexity index is 233. The normalized spacial score (nSPS) is 47.8. The van der Waals surface area contributed by atoms with Crippen molar-refractivity contribution in [1.29, 1.82) is 0 Å². The predicted octanol–water partition coefficient (Wildman–Crippen LogP) is 1.67. The van der Waals surface area contributed by atoms with Crippen LogP contribution >= 0.6 is 11.8 Å². The molecule has 14 heavy (non-hydrogen) atoms. The molecular weight excluding hydrogens is 192 g/mol. The lowest BCUT2D eigenvalue weighted by Crippen LogP contribution is -2.49. The van der Waals surface area contributed by atoms with E-state index in [1.54, 1.807) is 0 Å². The van der Waals surface area contributed by atoms with Crippen molar-refractivity contribution >= 4 is 11.8 Å². The van der Waals surface area contributed by atoms with E-state index in [1.165, 1.54) is 44.5 Å². The zero-order chi connectivity index (χ0) is 9.60. The van der Waals surface area contributed by atoms with Gasteiger partial charge in [0.15, 0.2) is 0 Å². The Balaban J connectivity index is 1.78. The van der Waals surface area contributed by atoms with Gasteiger partial charge < -0.3 is 0 Å². The van der Waals surface area contributed by atoms with Crippen molar-refractivity contribution < 1.29 is 0 Å². The van der Waals surface area contributed by atoms with Crippen LogP contribution in [0.1, 0.15) is 32.6 Å². The monoisotopic (exact) mass is 212 g/mol. The molecule has 0 saturated carbocycles. The van der Waals surface area contributed by atoms with Crippen molar-refractivity contribution in [2.45, 2.75) is 49.6 Å². The minimum atomic E-state index is 0.456. The van der Waals surface area contributed by atoms with Gasteiger partial charge in [0.05, 0.1) is 4.87 Å². The zero-order valence-corrected chi connectivity index (χ0v) is 9.78. The maximum absolute atomic E-state index is 3.91. The number of nitrogens with zero attached hydrogens (tertiary/aromatic N) is 1. The minimum absolute atomic E-state index is 0.456. The Morgan fingerprint density at radius 1 is 1.50 bits per heavy atom. The van der Waals surface area contributed by atoms with Crippen LogP contribution < -0.4 is 5.32 Å². The fraction of sp³-hybridized carbons (Fsp3) is 1.00. The van der Waals surface area contributed by atoms with Crippen molar-refractivity contribution in [2.24, 2.45) is 0 Å². The van der Waals surface area contributed by atoms with Crippen LogP contribution in [-0.4, -0.2) is 40.7 Å². The Morgan fingerprint density at radius 2 is 2.43 bits per heavy atom. The summed E-state index contributed by atoms with van der Waals surface area (Å²) in [6.07, 6.45) is 5.52. The first-order valence-corrected chi connectivity index (χ1v) is 6.98. The molecule has 80 valence electrons. The molecule has 0 bridgehead atoms. The van der Waals surface area contributed by atoms with Gasteiger partial charge in [0.2, 0.25) is 0 Å². The lowest BCUT2D eigenvalue weighted by Gasteiger charge is -2.31. The van der Waals surface area contributed by atoms with Gasteiger partial charge in [0, 0.05) is 24.4 Å². The zero-order valence-electron chi connectivity index (χ0n) is 8.96. The first-order chi connectivity index (χ1) is 6.84. The third kappa shape index (κ3) is 1.25. The number of thioether (sulfide) groups is 1. The quantitative estimate of drug-likeness (QED) is 0.712. The average Bonchev–Trinajstić information content (AvgIpc) is 2.88. The smallest absolute Gasteiger partial charge is 0.0817 e. The third-order valence-corrected chi connectivity index (χ3v) is 5.83. The summed E-state index contributed by atoms with van der Waals surface area (Å²) in [5.74, 6) is 1.33. The average molecular weight is 212 g/mol. The van der Waals surface area contributed by atoms with Crippen LogP contribution in [0, 0.1) is 0 Å². The van der Waals surface area contributed by atoms with E-state index in [9.17, 15) is 0 Å². The largest absolute Gasteiger partial charge is 0.298 e. The van der Waals surface area contributed by atoms with Gasteiger partial charge in [-0.25, -0.2) is 0 Å². The first kappa shape index (κ1) is 9.49. The molecule has 3 rings (SSSR count). The number of hydrogen-bond acceptors (Lipinski definition) is 3. The summed E-state index contributed by atoms with van der Waals surface area (Å²) in [5.41, 5.74) is 0. The molecule has 3 atom stereocenters. The van der Waals surface area contributed by atoms with Gasteiger partial charge in [-0.15, -0.1) is 11.8 Å². The van der Waals surface area contributed by atoms with Crippen LogP contribution in [0.4, 0.5) is 0 Å². The topological polar surface area (TPSA) is 15.3 Å². The Hall–Kier alpha value is 0.270. The molecule has 0 aliphatic carbocycles. The van der Waals surface area contributed by atoms with E-state index in [1.807, 2.05) is 0 Å². The van der Waals surface area contributed by atoms with E-state index in [0.717, 1.165) is 12.1 Å². The number of rotatable bonds is 1. The second kappa shape index (κ2) is 3.39. The van der Waals surface area contributed by atoms with Crippen LogP contribution in [0.25, 0.3) is 0 Å². The van der Waals surface area contributed by atoms with Crippen LogP contribution in [0.15, 0.2) is 0 Å². The molecule has 3 aliphatic rings. The molecule has 0 radical (unpaired) electrons. The number of hydrogen-bond donors (Lipinski definition) is 1. The van der Waals surface area contributed by atoms with Gasteiger partial charge in [-0.05, 0) is 32.2 Å². The fourth-order valence-corrected chi connectivity index (χ4v) is 5.10. The summed E-state index contributed by atoms with van der Waals surface area (Å²) in [5, 5.41) is 3.91. The van der Waals surface area contributed by atoms with Gasteiger partial charge in [-0.2, -0.15) is 0 Å². The van der Waals surface area contributed by atoms with Crippen LogP contribution in [0.3, 0.4) is 0 Å². The summed E-state index contributed by atoms with van der Waals surface area (Å²) < 4.78 is 0. The maximum Gasteiger partial charge on any atom is 0.0817 e. The van der Waals surface area contributed by atoms with E-state index in [4.69, 9.17) is 0 Å². The van der Waals surface area contributed by atoms with Crippen molar-refractivity contribution in [3.8, 4) is 0 Å². The molecule has 0 aromatic rings. The molecular formula is C11H20N2S. The highest BCUT2D eigenvalue weighted by Crippen LogP contribution is 2.47. The van der Waals surface area contributed by atoms with E-state index in [0.29, 0.717) is 4.87 Å². The number of fused-ring (bicyclic) bond motifs is 2. The summed E-state index contributed by atoms with van der Waals surface area (Å²) >= 11 is 2.21. The van der Waals surface area contributed by atoms with Gasteiger partial charge >= 0.3 is 0 Å². The summed E-state index contributed by atoms with van der Waals surface area (Å²) in [6.45, 7) is 4.99. The van der Waals surface area contributed by atoms with Crippen molar-refractivity contribution in [3.05, 3.63) is 0 Å². The molecule has 3 unspecified atom stereocenters. The molecule has 0 amide bonds. The first-order valence-electron chi connectivity index (χ1n) is 6.00. The highest BCUT2D eigenvalue weighted by molar-refractivity contribution is 8.01. The molecule has 2 nitrogen and oxygen atoms in total. The van der Waals surface area contributed by atoms with Crippen LogP contribution in [0.5, 0.6) is 0 Å². The molecule has 3 heterocycles. The van der Waals surface area contributed by atoms with Gasteiger partial charge in [0.25, 0.3) is 0 Å². The van der Waals surface area contributed by atoms with Crippen molar-refractivity contribution in [1.82, 2.24) is 10.2 Å². The fourth-order valence-electron chi connectivity index (χ4n) is 3.33. The SMILES string of the molecule is CCC1CSC2(CCN3CCCC32)N1. The van der Waals surface area contributed by atoms with Crippen LogP contribution in [0.2, 0.25) is 0 Å². The highest BCUT2D eigenvalue weighted by atomic mass is 32.2. The van der Waals surface area contributed by atoms with E-state index >= 15 is 0 Å². The molecule has 1 N–H and O–H groups in total. The second-order valence-electron chi connectivity index (χ2n) is 4.89. The molecule has 3 heteroatoms. The second-order valence-corrected chi connectivity index (χ2v) is 6.24. The van der Waals surface area contributed by atoms with Gasteiger partial charge in [-0.3, -0.25) is 10.2 Å². The molecule has 3 fully saturated rings. The predicted molar refractivity (Wildman–Crippen MR) is 61.6 cm³/mol. The van der Waals surface area contributed by atoms with E-state index < -0.39 is 0 Å². The Morgan fingerprint density at radius 3 is 3.21 bits per heavy atom. The van der Waals surface area contributed by atoms with E-state index in [-0.39, 0.29) is 0 Å². The lowest BCUT2D eigenvalue weighted by atomic mass is 10.0. The van der Waals surface area contributed by atoms with Crippen molar-refractivity contribution in [3.63, 3.8) is 0 Å². The molecule has 1 spiro atoms. The maximum atomic E-state index is 3.91. The lowest BCUT2D eigenvalue weighted by molar-refractivity contribution is 0.282. The highest BCUT2D eigenvalue weighted by Gasteiger charge is 2.52. The minimum Gasteiger partial charge on any atom is -0.298 e. The summed E-state index contributed by atoms with van der Waals surface area (Å²) in [4.78, 5) is 3.16. The molecule has 0 aromatic carbocycles. The Kier molecular flexibility index (Phi) is 2.30. The standard InChI is InChI=1S/C11H20N2S/c1-2-9-8-14-11(12-9)5-7-13-6-3-4-10(11)13/h9-10,12H,2-8H2,1H3. The summed E-state index contributed by atoms with van der Waals surface area (Å²) in [7, 11) is 0. The van der Waals surface area contributed by atoms with E-state index in [2.05, 4.69) is 28.9 Å². The molecule has 3 saturated heterocycles. The molecule has 3 aliphatic heterocycles. The van der Waals surface area contributed by atoms with Gasteiger partial charge in [0.1, 0.15) is 0 Å². The summed E-state index contributed by atoms with van der Waals surface area (Å²) in [6, 6.07) is 1.63. The Labute approximate surface area is 90.8 Å². The number of nitrogens with one attached hydrogen (secondary N) is 1. The van der Waals surface area contributed by atoms with Crippen molar-refractivity contribution in [2.75, 3.05) is 18.8 Å². The third-order valence-electron chi connectivity index (χ3n) is 4.16. The molecule has 0 aromatic heterocycles.